The van der Waals surface area contributed by atoms with Crippen LogP contribution in [0.25, 0.3) is 6.08 Å². The number of benzene rings is 2. The molecule has 1 fully saturated rings. The molecule has 1 aliphatic rings. The van der Waals surface area contributed by atoms with Crippen LogP contribution in [0.4, 0.5) is 0 Å². The number of ether oxygens (including phenoxy) is 1. The Morgan fingerprint density at radius 3 is 2.57 bits per heavy atom. The van der Waals surface area contributed by atoms with Gasteiger partial charge < -0.3 is 10.1 Å². The van der Waals surface area contributed by atoms with Gasteiger partial charge >= 0.3 is 5.97 Å². The fourth-order valence-electron chi connectivity index (χ4n) is 3.60. The number of hydrogen-bond donors (Lipinski definition) is 3. The first kappa shape index (κ1) is 22.3. The van der Waals surface area contributed by atoms with Crippen molar-refractivity contribution in [2.24, 2.45) is 5.92 Å². The van der Waals surface area contributed by atoms with Crippen molar-refractivity contribution >= 4 is 41.2 Å². The van der Waals surface area contributed by atoms with Gasteiger partial charge in [-0.15, -0.1) is 0 Å². The molecule has 2 atom stereocenters. The Bertz CT molecular complexity index is 962. The Kier molecular flexibility index (Phi) is 7.15. The topological polar surface area (TPSA) is 87.7 Å². The van der Waals surface area contributed by atoms with Gasteiger partial charge in [0.1, 0.15) is 0 Å². The van der Waals surface area contributed by atoms with Gasteiger partial charge in [0.15, 0.2) is 0 Å². The number of carbonyl (C=O) groups excluding carboxylic acids is 2. The van der Waals surface area contributed by atoms with Crippen LogP contribution in [0.5, 0.6) is 0 Å². The molecule has 6 nitrogen and oxygen atoms in total. The number of hydroxylamine groups is 1. The minimum absolute atomic E-state index is 0.0985. The number of halogens is 2. The summed E-state index contributed by atoms with van der Waals surface area (Å²) in [6, 6.07) is 12.9. The molecule has 2 aromatic carbocycles. The summed E-state index contributed by atoms with van der Waals surface area (Å²) in [5, 5.41) is 12.7. The second-order valence-electron chi connectivity index (χ2n) is 7.17. The van der Waals surface area contributed by atoms with E-state index < -0.39 is 11.3 Å². The number of amides is 1. The minimum Gasteiger partial charge on any atom is -0.468 e. The van der Waals surface area contributed by atoms with Crippen molar-refractivity contribution in [3.8, 4) is 0 Å². The lowest BCUT2D eigenvalue weighted by Gasteiger charge is -2.17. The monoisotopic (exact) mass is 448 g/mol. The van der Waals surface area contributed by atoms with E-state index >= 15 is 0 Å². The quantitative estimate of drug-likeness (QED) is 0.248. The molecule has 2 aromatic rings. The van der Waals surface area contributed by atoms with E-state index in [9.17, 15) is 9.59 Å². The smallest absolute Gasteiger partial charge is 0.316 e. The largest absolute Gasteiger partial charge is 0.468 e. The molecule has 1 amide bonds. The number of carbonyl (C=O) groups is 2. The van der Waals surface area contributed by atoms with E-state index in [-0.39, 0.29) is 11.9 Å². The number of rotatable bonds is 8. The highest BCUT2D eigenvalue weighted by molar-refractivity contribution is 6.42. The predicted molar refractivity (Wildman–Crippen MR) is 115 cm³/mol. The molecule has 8 heteroatoms. The van der Waals surface area contributed by atoms with E-state index in [2.05, 4.69) is 5.32 Å². The highest BCUT2D eigenvalue weighted by Gasteiger charge is 2.61. The van der Waals surface area contributed by atoms with Gasteiger partial charge in [-0.05, 0) is 53.8 Å². The van der Waals surface area contributed by atoms with Crippen LogP contribution in [-0.4, -0.2) is 30.7 Å². The van der Waals surface area contributed by atoms with Crippen LogP contribution in [0.2, 0.25) is 10.0 Å². The number of nitrogens with one attached hydrogen (secondary N) is 2. The second kappa shape index (κ2) is 9.62. The van der Waals surface area contributed by atoms with Crippen molar-refractivity contribution in [3.63, 3.8) is 0 Å². The molecule has 0 bridgehead atoms. The van der Waals surface area contributed by atoms with Crippen LogP contribution >= 0.6 is 23.2 Å². The zero-order chi connectivity index (χ0) is 21.7. The average molecular weight is 449 g/mol. The van der Waals surface area contributed by atoms with Gasteiger partial charge in [0, 0.05) is 12.6 Å². The van der Waals surface area contributed by atoms with E-state index in [4.69, 9.17) is 33.1 Å². The third-order valence-electron chi connectivity index (χ3n) is 5.33. The van der Waals surface area contributed by atoms with Gasteiger partial charge in [-0.2, -0.15) is 0 Å². The molecular formula is C22H22Cl2N2O4. The Balaban J connectivity index is 1.59. The lowest BCUT2D eigenvalue weighted by molar-refractivity contribution is -0.144. The van der Waals surface area contributed by atoms with Gasteiger partial charge in [-0.3, -0.25) is 14.8 Å². The van der Waals surface area contributed by atoms with Crippen LogP contribution in [0.1, 0.15) is 23.1 Å². The van der Waals surface area contributed by atoms with E-state index in [1.54, 1.807) is 23.7 Å². The molecule has 158 valence electrons. The fraction of sp³-hybridized carbons (Fsp3) is 0.273. The van der Waals surface area contributed by atoms with Gasteiger partial charge in [-0.25, -0.2) is 5.48 Å². The maximum atomic E-state index is 12.5. The Morgan fingerprint density at radius 1 is 1.20 bits per heavy atom. The van der Waals surface area contributed by atoms with Crippen LogP contribution in [0.15, 0.2) is 48.5 Å². The summed E-state index contributed by atoms with van der Waals surface area (Å²) in [6.45, 7) is 1.28. The molecule has 3 rings (SSSR count). The molecule has 0 aromatic heterocycles. The van der Waals surface area contributed by atoms with Crippen molar-refractivity contribution < 1.29 is 19.5 Å². The summed E-state index contributed by atoms with van der Waals surface area (Å²) in [5.74, 6) is -0.752. The van der Waals surface area contributed by atoms with Gasteiger partial charge in [0.2, 0.25) is 0 Å². The first-order valence-electron chi connectivity index (χ1n) is 9.36. The molecule has 3 N–H and O–H groups in total. The highest BCUT2D eigenvalue weighted by atomic mass is 35.5. The second-order valence-corrected chi connectivity index (χ2v) is 7.99. The highest BCUT2D eigenvalue weighted by Crippen LogP contribution is 2.55. The summed E-state index contributed by atoms with van der Waals surface area (Å²) >= 11 is 12.2. The SMILES string of the molecule is COC(=O)[C@@]1(c2ccc(Cl)c(Cl)c2)C[C@@H]1CNCc1ccc(/C=C/C(=O)NO)cc1. The summed E-state index contributed by atoms with van der Waals surface area (Å²) in [4.78, 5) is 23.5. The summed E-state index contributed by atoms with van der Waals surface area (Å²) in [6.07, 6.45) is 3.53. The van der Waals surface area contributed by atoms with Crippen molar-refractivity contribution in [2.75, 3.05) is 13.7 Å². The van der Waals surface area contributed by atoms with Gasteiger partial charge in [-0.1, -0.05) is 53.5 Å². The third kappa shape index (κ3) is 4.84. The molecule has 1 saturated carbocycles. The van der Waals surface area contributed by atoms with Crippen LogP contribution in [0.3, 0.4) is 0 Å². The summed E-state index contributed by atoms with van der Waals surface area (Å²) in [5.41, 5.74) is 3.58. The molecule has 0 saturated heterocycles. The summed E-state index contributed by atoms with van der Waals surface area (Å²) in [7, 11) is 1.39. The Labute approximate surface area is 184 Å². The van der Waals surface area contributed by atoms with Crippen LogP contribution in [-0.2, 0) is 26.3 Å². The lowest BCUT2D eigenvalue weighted by atomic mass is 9.93. The van der Waals surface area contributed by atoms with Crippen LogP contribution < -0.4 is 10.8 Å². The van der Waals surface area contributed by atoms with E-state index in [1.807, 2.05) is 30.3 Å². The predicted octanol–water partition coefficient (Wildman–Crippen LogP) is 3.73. The first-order valence-corrected chi connectivity index (χ1v) is 10.1. The van der Waals surface area contributed by atoms with Crippen molar-refractivity contribution in [3.05, 3.63) is 75.3 Å². The maximum absolute atomic E-state index is 12.5. The van der Waals surface area contributed by atoms with Gasteiger partial charge in [0.25, 0.3) is 5.91 Å². The first-order chi connectivity index (χ1) is 14.4. The molecule has 30 heavy (non-hydrogen) atoms. The van der Waals surface area contributed by atoms with Gasteiger partial charge in [0.05, 0.1) is 22.6 Å². The van der Waals surface area contributed by atoms with E-state index in [0.717, 1.165) is 16.7 Å². The molecule has 1 aliphatic carbocycles. The molecule has 0 heterocycles. The van der Waals surface area contributed by atoms with Crippen molar-refractivity contribution in [2.45, 2.75) is 18.4 Å². The average Bonchev–Trinajstić information content (AvgIpc) is 3.49. The molecule has 0 unspecified atom stereocenters. The number of esters is 1. The Hall–Kier alpha value is -2.38. The normalized spacial score (nSPS) is 20.2. The van der Waals surface area contributed by atoms with Crippen molar-refractivity contribution in [1.29, 1.82) is 0 Å². The molecule has 0 radical (unpaired) electrons. The zero-order valence-corrected chi connectivity index (χ0v) is 17.8. The van der Waals surface area contributed by atoms with E-state index in [1.165, 1.54) is 13.2 Å². The summed E-state index contributed by atoms with van der Waals surface area (Å²) < 4.78 is 5.06. The number of methoxy groups -OCH3 is 1. The van der Waals surface area contributed by atoms with Crippen molar-refractivity contribution in [1.82, 2.24) is 10.8 Å². The standard InChI is InChI=1S/C22H22Cl2N2O4/c1-30-21(28)22(16-7-8-18(23)19(24)10-16)11-17(22)13-25-12-15-4-2-14(3-5-15)6-9-20(27)26-29/h2-10,17,25,29H,11-13H2,1H3,(H,26,27)/b9-6+/t17-,22-/m1/s1. The lowest BCUT2D eigenvalue weighted by Crippen LogP contribution is -2.28. The van der Waals surface area contributed by atoms with E-state index in [0.29, 0.717) is 29.6 Å². The number of hydrogen-bond acceptors (Lipinski definition) is 5. The molecule has 0 aliphatic heterocycles. The van der Waals surface area contributed by atoms with Crippen LogP contribution in [0, 0.1) is 5.92 Å². The minimum atomic E-state index is -0.697. The maximum Gasteiger partial charge on any atom is 0.316 e. The Morgan fingerprint density at radius 2 is 1.93 bits per heavy atom. The third-order valence-corrected chi connectivity index (χ3v) is 6.07. The zero-order valence-electron chi connectivity index (χ0n) is 16.3. The molecule has 0 spiro atoms. The fourth-order valence-corrected chi connectivity index (χ4v) is 3.90. The molecular weight excluding hydrogens is 427 g/mol.